The fourth-order valence-electron chi connectivity index (χ4n) is 9.28. The molecule has 0 radical (unpaired) electrons. The number of rotatable bonds is 9. The van der Waals surface area contributed by atoms with E-state index in [-0.39, 0.29) is 38.1 Å². The first-order chi connectivity index (χ1) is 41.8. The maximum atomic E-state index is 12.9. The van der Waals surface area contributed by atoms with E-state index in [0.717, 1.165) is 33.4 Å². The van der Waals surface area contributed by atoms with Gasteiger partial charge in [-0.1, -0.05) is 232 Å². The number of imidazole rings is 1. The summed E-state index contributed by atoms with van der Waals surface area (Å²) in [6.45, 7) is 4.31. The summed E-state index contributed by atoms with van der Waals surface area (Å²) in [5.74, 6) is -0.679. The Balaban J connectivity index is 0.00000980. The van der Waals surface area contributed by atoms with Gasteiger partial charge in [0.2, 0.25) is 0 Å². The minimum Gasteiger partial charge on any atom is -0.507 e. The van der Waals surface area contributed by atoms with E-state index >= 15 is 0 Å². The Morgan fingerprint density at radius 2 is 1.19 bits per heavy atom. The number of para-hydroxylation sites is 1. The number of phenolic OH excluding ortho intramolecular Hbond substituents is 1. The van der Waals surface area contributed by atoms with Crippen LogP contribution in [-0.4, -0.2) is 19.6 Å². The van der Waals surface area contributed by atoms with Gasteiger partial charge in [-0.05, 0) is 103 Å². The normalized spacial score (nSPS) is 16.0. The molecule has 4 nitrogen and oxygen atoms in total. The second-order valence-corrected chi connectivity index (χ2v) is 20.8. The molecule has 1 N–H and O–H groups in total. The van der Waals surface area contributed by atoms with Gasteiger partial charge in [-0.2, -0.15) is 0 Å². The van der Waals surface area contributed by atoms with Crippen LogP contribution in [0.1, 0.15) is 127 Å². The fraction of sp³-hybridized carbons (Fsp3) is 0.217. The molecule has 0 aliphatic carbocycles. The summed E-state index contributed by atoms with van der Waals surface area (Å²) in [6.07, 6.45) is -0.778. The van der Waals surface area contributed by atoms with Gasteiger partial charge in [0.25, 0.3) is 0 Å². The first kappa shape index (κ1) is 34.4. The Kier molecular flexibility index (Phi) is 9.43. The Morgan fingerprint density at radius 3 is 1.80 bits per heavy atom. The zero-order valence-electron chi connectivity index (χ0n) is 59.5. The van der Waals surface area contributed by atoms with Crippen LogP contribution >= 0.6 is 0 Å². The van der Waals surface area contributed by atoms with Gasteiger partial charge in [0.05, 0.1) is 31.9 Å². The molecule has 0 fully saturated rings. The molecule has 0 unspecified atom stereocenters. The van der Waals surface area contributed by atoms with Crippen LogP contribution < -0.4 is 0 Å². The number of fused-ring (bicyclic) bond motifs is 1. The van der Waals surface area contributed by atoms with E-state index in [9.17, 15) is 10.6 Å². The second kappa shape index (κ2) is 20.3. The Hall–Kier alpha value is -7.13. The van der Waals surface area contributed by atoms with E-state index in [1.807, 2.05) is 167 Å². The fourth-order valence-corrected chi connectivity index (χ4v) is 9.28. The molecule has 10 aromatic rings. The van der Waals surface area contributed by atoms with Crippen LogP contribution in [0.3, 0.4) is 0 Å². The zero-order valence-corrected chi connectivity index (χ0v) is 44.7. The number of hydrogen-bond acceptors (Lipinski definition) is 3. The summed E-state index contributed by atoms with van der Waals surface area (Å²) in [5, 5.41) is 12.9. The van der Waals surface area contributed by atoms with Crippen LogP contribution in [0.4, 0.5) is 0 Å². The predicted octanol–water partition coefficient (Wildman–Crippen LogP) is 18.6. The quantitative estimate of drug-likeness (QED) is 0.147. The molecule has 5 heteroatoms. The van der Waals surface area contributed by atoms with Crippen LogP contribution in [0.2, 0.25) is 0 Å². The van der Waals surface area contributed by atoms with Crippen molar-refractivity contribution in [3.05, 3.63) is 216 Å². The SMILES string of the molecule is [2H]c1nc(-c2[c-]c(-c3cccc4c3nc(-c3cc(C(C)(C)C)cc(C(C)(C)C)c3O)n4-c3cc(-c4ccccc4)c(C([2H])(C)C)cc3-c3ccccc3)cc(-c3ccccc3)c2)c([2H])c(-c2c([2H])c([2H])c(C(C([2H])([2H])[2H])(C([2H])([2H])[2H])C([2H])([2H])[2H])c([2H])c2[2H])c1[2H].[Pt]. The predicted molar refractivity (Wildman–Crippen MR) is 308 cm³/mol. The maximum Gasteiger partial charge on any atom is 0.148 e. The summed E-state index contributed by atoms with van der Waals surface area (Å²) in [7, 11) is 0. The van der Waals surface area contributed by atoms with Crippen LogP contribution in [-0.2, 0) is 37.3 Å². The van der Waals surface area contributed by atoms with Crippen molar-refractivity contribution < 1.29 is 49.5 Å². The molecule has 2 aromatic heterocycles. The Bertz CT molecular complexity index is 4400. The summed E-state index contributed by atoms with van der Waals surface area (Å²) in [5.41, 5.74) is 2.03. The first-order valence-corrected chi connectivity index (χ1v) is 24.2. The van der Waals surface area contributed by atoms with Gasteiger partial charge < -0.3 is 5.11 Å². The van der Waals surface area contributed by atoms with Gasteiger partial charge in [0.1, 0.15) is 11.6 Å². The molecule has 0 aliphatic rings. The molecule has 8 aromatic carbocycles. The second-order valence-electron chi connectivity index (χ2n) is 20.8. The molecule has 0 atom stereocenters. The van der Waals surface area contributed by atoms with Crippen LogP contribution in [0.15, 0.2) is 188 Å². The average Bonchev–Trinajstić information content (AvgIpc) is 1.11. The number of nitrogens with zero attached hydrogens (tertiary/aromatic N) is 3. The van der Waals surface area contributed by atoms with E-state index in [2.05, 4.69) is 44.0 Å². The summed E-state index contributed by atoms with van der Waals surface area (Å²) >= 11 is 0. The molecule has 0 saturated heterocycles. The van der Waals surface area contributed by atoms with Crippen molar-refractivity contribution in [1.29, 1.82) is 0 Å². The Morgan fingerprint density at radius 1 is 0.568 bits per heavy atom. The molecular formula is C69H66N3OPt-. The maximum absolute atomic E-state index is 12.9. The third-order valence-electron chi connectivity index (χ3n) is 13.2. The van der Waals surface area contributed by atoms with Gasteiger partial charge in [-0.25, -0.2) is 4.98 Å². The van der Waals surface area contributed by atoms with E-state index in [0.29, 0.717) is 55.9 Å². The molecule has 374 valence electrons. The van der Waals surface area contributed by atoms with Crippen molar-refractivity contribution in [1.82, 2.24) is 14.5 Å². The number of aromatic hydroxyl groups is 1. The standard InChI is InChI=1S/C69H66N3O.Pt/c1-44(2)56-42-58(48-26-19-14-20-27-48)63(43-57(56)47-24-17-13-18-25-47)72-62-29-21-28-55(64(62)71-66(72)59-40-54(68(6,7)8)41-60(65(59)73)69(9,10)11)51-36-50(45-22-15-12-16-23-45)37-52(38-51)61-39-49(34-35-70-61)46-30-32-53(33-31-46)67(3,4)5;/h12-37,39-44,73H,1-11H3;/q-1;/i3D3,4D3,5D3,30D,31D,32D,33D,34D,35D,39D,44D;. The number of hydrogen-bond donors (Lipinski definition) is 1. The van der Waals surface area contributed by atoms with Crippen molar-refractivity contribution in [2.24, 2.45) is 0 Å². The van der Waals surface area contributed by atoms with Crippen molar-refractivity contribution in [2.45, 2.75) is 98.1 Å². The average molecular weight is 1170 g/mol. The molecule has 10 rings (SSSR count). The number of aromatic nitrogens is 3. The molecule has 2 heterocycles. The van der Waals surface area contributed by atoms with E-state index < -0.39 is 102 Å². The number of phenols is 1. The monoisotopic (exact) mass is 1160 g/mol. The van der Waals surface area contributed by atoms with Crippen molar-refractivity contribution in [3.8, 4) is 89.7 Å². The molecule has 74 heavy (non-hydrogen) atoms. The Labute approximate surface area is 477 Å². The van der Waals surface area contributed by atoms with Crippen molar-refractivity contribution in [2.75, 3.05) is 0 Å². The molecular weight excluding hydrogens is 1080 g/mol. The van der Waals surface area contributed by atoms with Crippen LogP contribution in [0, 0.1) is 6.07 Å². The molecule has 0 amide bonds. The van der Waals surface area contributed by atoms with Crippen molar-refractivity contribution in [3.63, 3.8) is 0 Å². The van der Waals surface area contributed by atoms with Gasteiger partial charge in [0.15, 0.2) is 0 Å². The molecule has 0 spiro atoms. The third kappa shape index (κ3) is 10.2. The van der Waals surface area contributed by atoms with Crippen LogP contribution in [0.5, 0.6) is 5.75 Å². The van der Waals surface area contributed by atoms with Gasteiger partial charge in [0, 0.05) is 57.8 Å². The zero-order chi connectivity index (χ0) is 65.9. The van der Waals surface area contributed by atoms with Crippen molar-refractivity contribution >= 4 is 11.0 Å². The topological polar surface area (TPSA) is 50.9 Å². The van der Waals surface area contributed by atoms with E-state index in [1.54, 1.807) is 6.07 Å². The largest absolute Gasteiger partial charge is 0.507 e. The smallest absolute Gasteiger partial charge is 0.148 e. The van der Waals surface area contributed by atoms with Gasteiger partial charge in [-0.15, -0.1) is 23.8 Å². The molecule has 0 saturated carbocycles. The summed E-state index contributed by atoms with van der Waals surface area (Å²) < 4.78 is 152. The molecule has 0 bridgehead atoms. The van der Waals surface area contributed by atoms with Gasteiger partial charge >= 0.3 is 0 Å². The summed E-state index contributed by atoms with van der Waals surface area (Å²) in [6, 6.07) is 43.3. The third-order valence-corrected chi connectivity index (χ3v) is 13.2. The number of benzene rings is 8. The van der Waals surface area contributed by atoms with E-state index in [1.165, 1.54) is 0 Å². The van der Waals surface area contributed by atoms with Crippen LogP contribution in [0.25, 0.3) is 95.0 Å². The molecule has 0 aliphatic heterocycles. The minimum absolute atomic E-state index is 0. The van der Waals surface area contributed by atoms with Gasteiger partial charge in [-0.3, -0.25) is 9.55 Å². The number of pyridine rings is 1. The van der Waals surface area contributed by atoms with E-state index in [4.69, 9.17) is 22.8 Å². The first-order valence-electron chi connectivity index (χ1n) is 32.7. The summed E-state index contributed by atoms with van der Waals surface area (Å²) in [4.78, 5) is 10.1. The minimum atomic E-state index is -3.95.